The van der Waals surface area contributed by atoms with Crippen LogP contribution in [0.15, 0.2) is 0 Å². The van der Waals surface area contributed by atoms with Crippen LogP contribution >= 0.6 is 0 Å². The van der Waals surface area contributed by atoms with E-state index in [1.807, 2.05) is 0 Å². The molecule has 0 heterocycles. The summed E-state index contributed by atoms with van der Waals surface area (Å²) in [6.07, 6.45) is 16.8. The van der Waals surface area contributed by atoms with Crippen molar-refractivity contribution in [2.75, 3.05) is 0 Å². The molecule has 4 atom stereocenters. The van der Waals surface area contributed by atoms with Gasteiger partial charge in [-0.15, -0.1) is 0 Å². The molecule has 2 aliphatic rings. The maximum atomic E-state index is 2.41. The lowest BCUT2D eigenvalue weighted by molar-refractivity contribution is 0.292. The highest BCUT2D eigenvalue weighted by Gasteiger charge is 2.32. The van der Waals surface area contributed by atoms with Crippen LogP contribution in [0.3, 0.4) is 0 Å². The normalized spacial score (nSPS) is 34.6. The summed E-state index contributed by atoms with van der Waals surface area (Å²) in [5, 5.41) is 0. The number of fused-ring (bicyclic) bond motifs is 2. The Morgan fingerprint density at radius 3 is 2.76 bits per heavy atom. The van der Waals surface area contributed by atoms with Crippen LogP contribution in [0.1, 0.15) is 84.5 Å². The molecule has 2 saturated carbocycles. The molecule has 0 radical (unpaired) electrons. The molecule has 0 nitrogen and oxygen atoms in total. The highest BCUT2D eigenvalue weighted by molar-refractivity contribution is 4.84. The molecule has 2 bridgehead atoms. The summed E-state index contributed by atoms with van der Waals surface area (Å²) in [6.45, 7) is 4.74. The lowest BCUT2D eigenvalue weighted by Crippen LogP contribution is -2.11. The predicted molar refractivity (Wildman–Crippen MR) is 76.1 cm³/mol. The van der Waals surface area contributed by atoms with Gasteiger partial charge in [0.15, 0.2) is 0 Å². The van der Waals surface area contributed by atoms with Gasteiger partial charge in [-0.1, -0.05) is 71.6 Å². The molecule has 0 aromatic carbocycles. The van der Waals surface area contributed by atoms with E-state index in [0.717, 1.165) is 23.7 Å². The minimum atomic E-state index is 0.958. The summed E-state index contributed by atoms with van der Waals surface area (Å²) in [5.41, 5.74) is 0. The van der Waals surface area contributed by atoms with Crippen LogP contribution in [0.2, 0.25) is 0 Å². The first-order valence-corrected chi connectivity index (χ1v) is 8.29. The predicted octanol–water partition coefficient (Wildman–Crippen LogP) is 5.81. The van der Waals surface area contributed by atoms with Gasteiger partial charge in [-0.3, -0.25) is 0 Å². The van der Waals surface area contributed by atoms with E-state index in [-0.39, 0.29) is 0 Å². The average Bonchev–Trinajstić information content (AvgIpc) is 2.69. The summed E-state index contributed by atoms with van der Waals surface area (Å²) in [7, 11) is 0. The smallest absolute Gasteiger partial charge is 0.0383 e. The van der Waals surface area contributed by atoms with Crippen molar-refractivity contribution in [2.24, 2.45) is 23.7 Å². The number of hydrogen-bond acceptors (Lipinski definition) is 0. The first kappa shape index (κ1) is 13.4. The van der Waals surface area contributed by atoms with Crippen molar-refractivity contribution in [3.8, 4) is 0 Å². The van der Waals surface area contributed by atoms with Crippen LogP contribution in [-0.2, 0) is 0 Å². The van der Waals surface area contributed by atoms with Crippen molar-refractivity contribution >= 4 is 0 Å². The molecule has 0 spiro atoms. The summed E-state index contributed by atoms with van der Waals surface area (Å²) >= 11 is 0. The van der Waals surface area contributed by atoms with Crippen LogP contribution in [0.4, 0.5) is 0 Å². The topological polar surface area (TPSA) is 0 Å². The van der Waals surface area contributed by atoms with E-state index >= 15 is 0 Å². The van der Waals surface area contributed by atoms with E-state index in [2.05, 4.69) is 13.8 Å². The molecule has 0 aliphatic heterocycles. The van der Waals surface area contributed by atoms with E-state index in [9.17, 15) is 0 Å². The fourth-order valence-electron chi connectivity index (χ4n) is 4.19. The zero-order valence-electron chi connectivity index (χ0n) is 12.1. The molecule has 0 saturated heterocycles. The van der Waals surface area contributed by atoms with Gasteiger partial charge in [0, 0.05) is 0 Å². The van der Waals surface area contributed by atoms with Crippen molar-refractivity contribution in [3.05, 3.63) is 0 Å². The second-order valence-electron chi connectivity index (χ2n) is 6.93. The Hall–Kier alpha value is 0. The van der Waals surface area contributed by atoms with Gasteiger partial charge in [0.25, 0.3) is 0 Å². The molecule has 0 amide bonds. The second kappa shape index (κ2) is 6.81. The molecule has 0 aromatic heterocycles. The molecule has 100 valence electrons. The van der Waals surface area contributed by atoms with E-state index in [1.54, 1.807) is 38.5 Å². The first-order valence-electron chi connectivity index (χ1n) is 8.29. The molecule has 17 heavy (non-hydrogen) atoms. The molecule has 0 N–H and O–H groups in total. The van der Waals surface area contributed by atoms with Gasteiger partial charge < -0.3 is 0 Å². The van der Waals surface area contributed by atoms with Crippen molar-refractivity contribution in [3.63, 3.8) is 0 Å². The minimum absolute atomic E-state index is 0.958. The largest absolute Gasteiger partial charge is 0.0651 e. The van der Waals surface area contributed by atoms with Crippen LogP contribution in [0, 0.1) is 23.7 Å². The molecule has 2 fully saturated rings. The second-order valence-corrected chi connectivity index (χ2v) is 6.93. The molecule has 2 rings (SSSR count). The quantitative estimate of drug-likeness (QED) is 0.511. The lowest BCUT2D eigenvalue weighted by Gasteiger charge is -2.22. The Morgan fingerprint density at radius 2 is 1.94 bits per heavy atom. The fraction of sp³-hybridized carbons (Fsp3) is 1.00. The van der Waals surface area contributed by atoms with Crippen LogP contribution < -0.4 is 0 Å². The number of unbranched alkanes of at least 4 members (excludes halogenated alkanes) is 1. The van der Waals surface area contributed by atoms with Crippen LogP contribution in [0.25, 0.3) is 0 Å². The third-order valence-electron chi connectivity index (χ3n) is 5.65. The van der Waals surface area contributed by atoms with Crippen molar-refractivity contribution < 1.29 is 0 Å². The standard InChI is InChI=1S/C17H32/c1-3-14(2)7-4-5-9-16-10-6-8-15-11-12-17(16)13-15/h14-17H,3-13H2,1-2H3. The maximum Gasteiger partial charge on any atom is -0.0383 e. The summed E-state index contributed by atoms with van der Waals surface area (Å²) < 4.78 is 0. The summed E-state index contributed by atoms with van der Waals surface area (Å²) in [5.74, 6) is 4.33. The van der Waals surface area contributed by atoms with E-state index in [4.69, 9.17) is 0 Å². The molecule has 4 unspecified atom stereocenters. The molecular formula is C17H32. The molecule has 0 aromatic rings. The Kier molecular flexibility index (Phi) is 5.38. The Morgan fingerprint density at radius 1 is 1.06 bits per heavy atom. The molecular weight excluding hydrogens is 204 g/mol. The average molecular weight is 236 g/mol. The summed E-state index contributed by atoms with van der Waals surface area (Å²) in [6, 6.07) is 0. The third kappa shape index (κ3) is 4.00. The number of rotatable bonds is 6. The first-order chi connectivity index (χ1) is 8.29. The zero-order valence-corrected chi connectivity index (χ0v) is 12.1. The van der Waals surface area contributed by atoms with Gasteiger partial charge in [0.05, 0.1) is 0 Å². The van der Waals surface area contributed by atoms with Crippen LogP contribution in [-0.4, -0.2) is 0 Å². The van der Waals surface area contributed by atoms with Crippen molar-refractivity contribution in [1.29, 1.82) is 0 Å². The van der Waals surface area contributed by atoms with Gasteiger partial charge in [0.1, 0.15) is 0 Å². The Labute approximate surface area is 109 Å². The fourth-order valence-corrected chi connectivity index (χ4v) is 4.19. The molecule has 0 heteroatoms. The van der Waals surface area contributed by atoms with E-state index in [1.165, 1.54) is 32.1 Å². The van der Waals surface area contributed by atoms with Crippen molar-refractivity contribution in [1.82, 2.24) is 0 Å². The molecule has 2 aliphatic carbocycles. The highest BCUT2D eigenvalue weighted by atomic mass is 14.4. The van der Waals surface area contributed by atoms with Crippen LogP contribution in [0.5, 0.6) is 0 Å². The monoisotopic (exact) mass is 236 g/mol. The van der Waals surface area contributed by atoms with Gasteiger partial charge in [-0.2, -0.15) is 0 Å². The third-order valence-corrected chi connectivity index (χ3v) is 5.65. The van der Waals surface area contributed by atoms with E-state index in [0.29, 0.717) is 0 Å². The maximum absolute atomic E-state index is 2.41. The Bertz CT molecular complexity index is 208. The highest BCUT2D eigenvalue weighted by Crippen LogP contribution is 2.45. The SMILES string of the molecule is CCC(C)CCCCC1CCCC2CCC1C2. The zero-order chi connectivity index (χ0) is 12.1. The van der Waals surface area contributed by atoms with Gasteiger partial charge >= 0.3 is 0 Å². The Balaban J connectivity index is 1.64. The van der Waals surface area contributed by atoms with Gasteiger partial charge in [0.2, 0.25) is 0 Å². The number of hydrogen-bond donors (Lipinski definition) is 0. The van der Waals surface area contributed by atoms with Crippen molar-refractivity contribution in [2.45, 2.75) is 84.5 Å². The minimum Gasteiger partial charge on any atom is -0.0651 e. The lowest BCUT2D eigenvalue weighted by atomic mass is 9.84. The van der Waals surface area contributed by atoms with Gasteiger partial charge in [-0.25, -0.2) is 0 Å². The van der Waals surface area contributed by atoms with Gasteiger partial charge in [-0.05, 0) is 36.5 Å². The van der Waals surface area contributed by atoms with E-state index < -0.39 is 0 Å². The summed E-state index contributed by atoms with van der Waals surface area (Å²) in [4.78, 5) is 0.